The number of halogens is 1. The van der Waals surface area contributed by atoms with Crippen LogP contribution in [0, 0.1) is 0 Å². The van der Waals surface area contributed by atoms with Gasteiger partial charge in [0.15, 0.2) is 0 Å². The molecular weight excluding hydrogens is 277 g/mol. The molecule has 1 aliphatic rings. The Hall–Kier alpha value is -2.16. The van der Waals surface area contributed by atoms with Crippen LogP contribution in [0.15, 0.2) is 36.9 Å². The fraction of sp³-hybridized carbons (Fsp3) is 0.316. The van der Waals surface area contributed by atoms with Crippen molar-refractivity contribution >= 4 is 28.3 Å². The Morgan fingerprint density at radius 2 is 2.05 bits per heavy atom. The van der Waals surface area contributed by atoms with E-state index >= 15 is 0 Å². The molecular formula is C19H20FNO. The molecule has 0 atom stereocenters. The van der Waals surface area contributed by atoms with Crippen molar-refractivity contribution in [3.63, 3.8) is 0 Å². The minimum absolute atomic E-state index is 0.238. The van der Waals surface area contributed by atoms with Crippen molar-refractivity contribution in [2.75, 3.05) is 6.67 Å². The van der Waals surface area contributed by atoms with Gasteiger partial charge in [0, 0.05) is 41.5 Å². The molecule has 0 bridgehead atoms. The lowest BCUT2D eigenvalue weighted by atomic mass is 9.99. The molecule has 2 aromatic rings. The van der Waals surface area contributed by atoms with Crippen molar-refractivity contribution in [2.24, 2.45) is 0 Å². The number of aromatic nitrogens is 1. The first-order valence-electron chi connectivity index (χ1n) is 7.76. The maximum atomic E-state index is 12.7. The molecule has 0 spiro atoms. The molecule has 22 heavy (non-hydrogen) atoms. The summed E-state index contributed by atoms with van der Waals surface area (Å²) in [6.45, 7) is 4.51. The predicted molar refractivity (Wildman–Crippen MR) is 89.5 cm³/mol. The van der Waals surface area contributed by atoms with Gasteiger partial charge in [-0.1, -0.05) is 30.9 Å². The normalized spacial score (nSPS) is 17.0. The summed E-state index contributed by atoms with van der Waals surface area (Å²) in [5.41, 5.74) is 4.26. The molecule has 0 radical (unpaired) electrons. The zero-order chi connectivity index (χ0) is 15.5. The number of carbonyl (C=O) groups is 1. The number of hydrogen-bond acceptors (Lipinski definition) is 1. The van der Waals surface area contributed by atoms with Crippen molar-refractivity contribution in [1.29, 1.82) is 0 Å². The number of ketones is 1. The topological polar surface area (TPSA) is 22.0 Å². The summed E-state index contributed by atoms with van der Waals surface area (Å²) in [5, 5.41) is 1.14. The van der Waals surface area contributed by atoms with Crippen LogP contribution in [0.5, 0.6) is 0 Å². The van der Waals surface area contributed by atoms with Crippen LogP contribution in [0.3, 0.4) is 0 Å². The summed E-state index contributed by atoms with van der Waals surface area (Å²) in [4.78, 5) is 11.8. The highest BCUT2D eigenvalue weighted by atomic mass is 19.1. The summed E-state index contributed by atoms with van der Waals surface area (Å²) < 4.78 is 14.8. The van der Waals surface area contributed by atoms with E-state index < -0.39 is 0 Å². The van der Waals surface area contributed by atoms with Gasteiger partial charge in [0.2, 0.25) is 0 Å². The summed E-state index contributed by atoms with van der Waals surface area (Å²) in [6.07, 6.45) is 6.09. The maximum Gasteiger partial charge on any atom is 0.136 e. The van der Waals surface area contributed by atoms with E-state index in [0.29, 0.717) is 32.2 Å². The van der Waals surface area contributed by atoms with Crippen molar-refractivity contribution in [1.82, 2.24) is 4.57 Å². The highest BCUT2D eigenvalue weighted by Crippen LogP contribution is 2.35. The van der Waals surface area contributed by atoms with E-state index in [9.17, 15) is 9.18 Å². The van der Waals surface area contributed by atoms with Crippen molar-refractivity contribution < 1.29 is 9.18 Å². The first kappa shape index (κ1) is 14.8. The van der Waals surface area contributed by atoms with Crippen LogP contribution in [-0.2, 0) is 11.3 Å². The summed E-state index contributed by atoms with van der Waals surface area (Å²) in [6, 6.07) is 8.16. The van der Waals surface area contributed by atoms with Crippen LogP contribution in [0.2, 0.25) is 0 Å². The first-order valence-corrected chi connectivity index (χ1v) is 7.76. The van der Waals surface area contributed by atoms with Gasteiger partial charge >= 0.3 is 0 Å². The summed E-state index contributed by atoms with van der Waals surface area (Å²) >= 11 is 0. The quantitative estimate of drug-likeness (QED) is 0.799. The standard InChI is InChI=1S/C19H20FNO/c1-14-10-11-15(22)6-4-9-18-19(14)16-7-2-3-8-17(16)21(18)13-5-12-20/h2-4,7-9H,1,5-6,10-13H2/b9-4-. The lowest BCUT2D eigenvalue weighted by Gasteiger charge is -2.09. The van der Waals surface area contributed by atoms with Gasteiger partial charge in [0.25, 0.3) is 0 Å². The number of allylic oxidation sites excluding steroid dienone is 2. The van der Waals surface area contributed by atoms with Crippen molar-refractivity contribution in [2.45, 2.75) is 32.2 Å². The molecule has 0 saturated carbocycles. The molecule has 0 saturated heterocycles. The number of alkyl halides is 1. The van der Waals surface area contributed by atoms with Gasteiger partial charge < -0.3 is 4.57 Å². The van der Waals surface area contributed by atoms with E-state index in [0.717, 1.165) is 27.7 Å². The molecule has 3 heteroatoms. The Labute approximate surface area is 129 Å². The van der Waals surface area contributed by atoms with Gasteiger partial charge in [-0.2, -0.15) is 0 Å². The molecule has 1 aliphatic carbocycles. The molecule has 0 N–H and O–H groups in total. The number of fused-ring (bicyclic) bond motifs is 3. The number of rotatable bonds is 3. The van der Waals surface area contributed by atoms with E-state index in [4.69, 9.17) is 0 Å². The second-order valence-electron chi connectivity index (χ2n) is 5.72. The fourth-order valence-corrected chi connectivity index (χ4v) is 3.15. The Balaban J connectivity index is 2.22. The number of nitrogens with zero attached hydrogens (tertiary/aromatic N) is 1. The van der Waals surface area contributed by atoms with Crippen LogP contribution in [0.1, 0.15) is 36.9 Å². The molecule has 0 amide bonds. The monoisotopic (exact) mass is 297 g/mol. The molecule has 2 nitrogen and oxygen atoms in total. The average Bonchev–Trinajstić information content (AvgIpc) is 2.86. The third-order valence-corrected chi connectivity index (χ3v) is 4.21. The number of Topliss-reactive ketones (excluding diaryl/α,β-unsaturated/α-hetero) is 1. The zero-order valence-electron chi connectivity index (χ0n) is 12.6. The number of benzene rings is 1. The third kappa shape index (κ3) is 2.63. The van der Waals surface area contributed by atoms with E-state index in [1.54, 1.807) is 0 Å². The Morgan fingerprint density at radius 1 is 1.23 bits per heavy atom. The highest BCUT2D eigenvalue weighted by Gasteiger charge is 2.18. The average molecular weight is 297 g/mol. The molecule has 0 unspecified atom stereocenters. The first-order chi connectivity index (χ1) is 10.7. The molecule has 1 aromatic heterocycles. The number of hydrogen-bond donors (Lipinski definition) is 0. The van der Waals surface area contributed by atoms with Gasteiger partial charge in [0.1, 0.15) is 5.78 Å². The van der Waals surface area contributed by atoms with Crippen molar-refractivity contribution in [3.8, 4) is 0 Å². The van der Waals surface area contributed by atoms with Gasteiger partial charge in [-0.3, -0.25) is 9.18 Å². The Morgan fingerprint density at radius 3 is 2.86 bits per heavy atom. The lowest BCUT2D eigenvalue weighted by molar-refractivity contribution is -0.118. The van der Waals surface area contributed by atoms with E-state index in [2.05, 4.69) is 23.3 Å². The highest BCUT2D eigenvalue weighted by molar-refractivity contribution is 5.98. The number of aryl methyl sites for hydroxylation is 1. The predicted octanol–water partition coefficient (Wildman–Crippen LogP) is 4.78. The van der Waals surface area contributed by atoms with Gasteiger partial charge in [-0.15, -0.1) is 0 Å². The molecule has 0 aliphatic heterocycles. The lowest BCUT2D eigenvalue weighted by Crippen LogP contribution is -2.01. The Kier molecular flexibility index (Phi) is 4.23. The van der Waals surface area contributed by atoms with E-state index in [-0.39, 0.29) is 12.5 Å². The zero-order valence-corrected chi connectivity index (χ0v) is 12.6. The van der Waals surface area contributed by atoms with Gasteiger partial charge in [-0.25, -0.2) is 0 Å². The van der Waals surface area contributed by atoms with Gasteiger partial charge in [-0.05, 0) is 30.6 Å². The minimum Gasteiger partial charge on any atom is -0.340 e. The van der Waals surface area contributed by atoms with Crippen LogP contribution >= 0.6 is 0 Å². The summed E-state index contributed by atoms with van der Waals surface area (Å²) in [7, 11) is 0. The molecule has 1 aromatic carbocycles. The fourth-order valence-electron chi connectivity index (χ4n) is 3.15. The van der Waals surface area contributed by atoms with Crippen LogP contribution in [0.4, 0.5) is 4.39 Å². The number of carbonyl (C=O) groups excluding carboxylic acids is 1. The SMILES string of the molecule is C=C1CCC(=O)C/C=C\c2c1c1ccccc1n2CCCF. The molecule has 0 fully saturated rings. The largest absolute Gasteiger partial charge is 0.340 e. The number of para-hydroxylation sites is 1. The molecule has 114 valence electrons. The third-order valence-electron chi connectivity index (χ3n) is 4.21. The van der Waals surface area contributed by atoms with Crippen LogP contribution in [-0.4, -0.2) is 17.0 Å². The van der Waals surface area contributed by atoms with Gasteiger partial charge in [0.05, 0.1) is 6.67 Å². The minimum atomic E-state index is -0.329. The molecule has 3 rings (SSSR count). The van der Waals surface area contributed by atoms with Crippen LogP contribution < -0.4 is 0 Å². The van der Waals surface area contributed by atoms with Crippen molar-refractivity contribution in [3.05, 3.63) is 48.2 Å². The second-order valence-corrected chi connectivity index (χ2v) is 5.72. The Bertz CT molecular complexity index is 754. The molecule has 1 heterocycles. The second kappa shape index (κ2) is 6.30. The van der Waals surface area contributed by atoms with Crippen LogP contribution in [0.25, 0.3) is 22.6 Å². The smallest absolute Gasteiger partial charge is 0.136 e. The summed E-state index contributed by atoms with van der Waals surface area (Å²) in [5.74, 6) is 0.238. The van der Waals surface area contributed by atoms with E-state index in [1.165, 1.54) is 0 Å². The maximum absolute atomic E-state index is 12.7. The van der Waals surface area contributed by atoms with E-state index in [1.807, 2.05) is 24.3 Å².